The molecular formula is C18H11F3N2O. The van der Waals surface area contributed by atoms with Gasteiger partial charge in [-0.15, -0.1) is 0 Å². The lowest BCUT2D eigenvalue weighted by Crippen LogP contribution is -2.13. The maximum Gasteiger partial charge on any atom is 0.255 e. The number of aromatic nitrogens is 1. The maximum absolute atomic E-state index is 13.7. The standard InChI is InChI=1S/C18H11F3N2O/c19-13-7-8-16(15(21)10-13)23-18(24)12-5-3-11(4-6-12)17-14(20)2-1-9-22-17/h1-10H,(H,23,24). The van der Waals surface area contributed by atoms with Crippen LogP contribution in [0.4, 0.5) is 18.9 Å². The number of benzene rings is 2. The summed E-state index contributed by atoms with van der Waals surface area (Å²) in [5, 5.41) is 2.35. The Hall–Kier alpha value is -3.15. The van der Waals surface area contributed by atoms with Crippen molar-refractivity contribution >= 4 is 11.6 Å². The molecule has 3 rings (SSSR count). The molecule has 1 amide bonds. The Morgan fingerprint density at radius 3 is 2.33 bits per heavy atom. The van der Waals surface area contributed by atoms with Crippen LogP contribution in [0, 0.1) is 17.5 Å². The van der Waals surface area contributed by atoms with Crippen molar-refractivity contribution in [1.82, 2.24) is 4.98 Å². The zero-order chi connectivity index (χ0) is 17.1. The molecule has 0 saturated heterocycles. The van der Waals surface area contributed by atoms with Crippen molar-refractivity contribution in [2.75, 3.05) is 5.32 Å². The highest BCUT2D eigenvalue weighted by Gasteiger charge is 2.11. The van der Waals surface area contributed by atoms with Gasteiger partial charge in [0.1, 0.15) is 23.1 Å². The molecule has 0 unspecified atom stereocenters. The van der Waals surface area contributed by atoms with Crippen LogP contribution in [-0.4, -0.2) is 10.9 Å². The number of halogens is 3. The first kappa shape index (κ1) is 15.7. The molecule has 0 aliphatic carbocycles. The molecule has 0 radical (unpaired) electrons. The summed E-state index contributed by atoms with van der Waals surface area (Å²) < 4.78 is 40.1. The number of anilines is 1. The number of carbonyl (C=O) groups excluding carboxylic acids is 1. The van der Waals surface area contributed by atoms with Gasteiger partial charge in [0.25, 0.3) is 5.91 Å². The number of hydrogen-bond acceptors (Lipinski definition) is 2. The van der Waals surface area contributed by atoms with Crippen LogP contribution < -0.4 is 5.32 Å². The molecule has 0 atom stereocenters. The van der Waals surface area contributed by atoms with Crippen molar-refractivity contribution in [3.05, 3.63) is 83.8 Å². The van der Waals surface area contributed by atoms with E-state index < -0.39 is 23.4 Å². The van der Waals surface area contributed by atoms with Crippen molar-refractivity contribution in [2.45, 2.75) is 0 Å². The highest BCUT2D eigenvalue weighted by molar-refractivity contribution is 6.04. The Morgan fingerprint density at radius 2 is 1.67 bits per heavy atom. The van der Waals surface area contributed by atoms with Gasteiger partial charge in [-0.3, -0.25) is 9.78 Å². The number of rotatable bonds is 3. The molecule has 3 nitrogen and oxygen atoms in total. The monoisotopic (exact) mass is 328 g/mol. The summed E-state index contributed by atoms with van der Waals surface area (Å²) in [5.74, 6) is -2.63. The SMILES string of the molecule is O=C(Nc1ccc(F)cc1F)c1ccc(-c2ncccc2F)cc1. The van der Waals surface area contributed by atoms with Gasteiger partial charge in [0.15, 0.2) is 0 Å². The summed E-state index contributed by atoms with van der Waals surface area (Å²) in [4.78, 5) is 16.1. The van der Waals surface area contributed by atoms with Crippen LogP contribution in [0.1, 0.15) is 10.4 Å². The molecule has 6 heteroatoms. The Bertz CT molecular complexity index is 895. The number of amides is 1. The third-order valence-corrected chi connectivity index (χ3v) is 3.36. The Morgan fingerprint density at radius 1 is 0.917 bits per heavy atom. The van der Waals surface area contributed by atoms with Crippen LogP contribution in [0.3, 0.4) is 0 Å². The average molecular weight is 328 g/mol. The van der Waals surface area contributed by atoms with Crippen molar-refractivity contribution in [3.63, 3.8) is 0 Å². The zero-order valence-electron chi connectivity index (χ0n) is 12.3. The van der Waals surface area contributed by atoms with E-state index in [1.165, 1.54) is 30.5 Å². The van der Waals surface area contributed by atoms with Crippen molar-refractivity contribution in [2.24, 2.45) is 0 Å². The first-order valence-electron chi connectivity index (χ1n) is 7.02. The highest BCUT2D eigenvalue weighted by atomic mass is 19.1. The number of nitrogens with zero attached hydrogens (tertiary/aromatic N) is 1. The second-order valence-electron chi connectivity index (χ2n) is 4.99. The van der Waals surface area contributed by atoms with Crippen LogP contribution >= 0.6 is 0 Å². The fourth-order valence-corrected chi connectivity index (χ4v) is 2.16. The van der Waals surface area contributed by atoms with E-state index in [4.69, 9.17) is 0 Å². The molecular weight excluding hydrogens is 317 g/mol. The van der Waals surface area contributed by atoms with Gasteiger partial charge in [0.05, 0.1) is 5.69 Å². The van der Waals surface area contributed by atoms with Crippen LogP contribution in [0.2, 0.25) is 0 Å². The summed E-state index contributed by atoms with van der Waals surface area (Å²) in [6, 6.07) is 11.7. The zero-order valence-corrected chi connectivity index (χ0v) is 12.3. The quantitative estimate of drug-likeness (QED) is 0.773. The lowest BCUT2D eigenvalue weighted by atomic mass is 10.1. The van der Waals surface area contributed by atoms with Gasteiger partial charge in [-0.05, 0) is 36.4 Å². The third-order valence-electron chi connectivity index (χ3n) is 3.36. The normalized spacial score (nSPS) is 10.5. The minimum absolute atomic E-state index is 0.124. The van der Waals surface area contributed by atoms with Crippen LogP contribution in [-0.2, 0) is 0 Å². The molecule has 3 aromatic rings. The Balaban J connectivity index is 1.80. The summed E-state index contributed by atoms with van der Waals surface area (Å²) in [6.45, 7) is 0. The van der Waals surface area contributed by atoms with Gasteiger partial charge in [0, 0.05) is 23.4 Å². The number of hydrogen-bond donors (Lipinski definition) is 1. The van der Waals surface area contributed by atoms with E-state index >= 15 is 0 Å². The van der Waals surface area contributed by atoms with E-state index in [9.17, 15) is 18.0 Å². The fourth-order valence-electron chi connectivity index (χ4n) is 2.16. The molecule has 1 N–H and O–H groups in total. The molecule has 24 heavy (non-hydrogen) atoms. The molecule has 0 spiro atoms. The molecule has 0 bridgehead atoms. The van der Waals surface area contributed by atoms with Gasteiger partial charge in [-0.25, -0.2) is 13.2 Å². The second-order valence-corrected chi connectivity index (χ2v) is 4.99. The van der Waals surface area contributed by atoms with E-state index in [0.717, 1.165) is 12.1 Å². The molecule has 120 valence electrons. The lowest BCUT2D eigenvalue weighted by Gasteiger charge is -2.07. The van der Waals surface area contributed by atoms with E-state index in [-0.39, 0.29) is 16.9 Å². The smallest absolute Gasteiger partial charge is 0.255 e. The Kier molecular flexibility index (Phi) is 4.29. The van der Waals surface area contributed by atoms with Gasteiger partial charge in [0.2, 0.25) is 0 Å². The molecule has 1 aromatic heterocycles. The Labute approximate surface area is 135 Å². The summed E-state index contributed by atoms with van der Waals surface area (Å²) in [5.41, 5.74) is 0.812. The minimum Gasteiger partial charge on any atom is -0.319 e. The topological polar surface area (TPSA) is 42.0 Å². The second kappa shape index (κ2) is 6.54. The van der Waals surface area contributed by atoms with Crippen molar-refractivity contribution < 1.29 is 18.0 Å². The molecule has 1 heterocycles. The number of nitrogens with one attached hydrogen (secondary N) is 1. The molecule has 0 aliphatic heterocycles. The summed E-state index contributed by atoms with van der Waals surface area (Å²) in [7, 11) is 0. The van der Waals surface area contributed by atoms with E-state index in [1.54, 1.807) is 12.1 Å². The molecule has 0 fully saturated rings. The van der Waals surface area contributed by atoms with E-state index in [2.05, 4.69) is 10.3 Å². The fraction of sp³-hybridized carbons (Fsp3) is 0. The highest BCUT2D eigenvalue weighted by Crippen LogP contribution is 2.21. The largest absolute Gasteiger partial charge is 0.319 e. The maximum atomic E-state index is 13.7. The van der Waals surface area contributed by atoms with Gasteiger partial charge in [-0.1, -0.05) is 12.1 Å². The van der Waals surface area contributed by atoms with Gasteiger partial charge < -0.3 is 5.32 Å². The van der Waals surface area contributed by atoms with Crippen molar-refractivity contribution in [3.8, 4) is 11.3 Å². The predicted octanol–water partition coefficient (Wildman–Crippen LogP) is 4.42. The van der Waals surface area contributed by atoms with Gasteiger partial charge >= 0.3 is 0 Å². The number of pyridine rings is 1. The predicted molar refractivity (Wildman–Crippen MR) is 83.9 cm³/mol. The van der Waals surface area contributed by atoms with Gasteiger partial charge in [-0.2, -0.15) is 0 Å². The van der Waals surface area contributed by atoms with E-state index in [1.807, 2.05) is 0 Å². The minimum atomic E-state index is -0.865. The van der Waals surface area contributed by atoms with E-state index in [0.29, 0.717) is 11.6 Å². The van der Waals surface area contributed by atoms with Crippen molar-refractivity contribution in [1.29, 1.82) is 0 Å². The summed E-state index contributed by atoms with van der Waals surface area (Å²) in [6.07, 6.45) is 1.47. The average Bonchev–Trinajstić information content (AvgIpc) is 2.58. The van der Waals surface area contributed by atoms with Crippen LogP contribution in [0.5, 0.6) is 0 Å². The van der Waals surface area contributed by atoms with Crippen LogP contribution in [0.25, 0.3) is 11.3 Å². The third kappa shape index (κ3) is 3.27. The lowest BCUT2D eigenvalue weighted by molar-refractivity contribution is 0.102. The first-order chi connectivity index (χ1) is 11.5. The number of carbonyl (C=O) groups is 1. The molecule has 0 aliphatic rings. The molecule has 0 saturated carbocycles. The first-order valence-corrected chi connectivity index (χ1v) is 7.02. The molecule has 2 aromatic carbocycles. The van der Waals surface area contributed by atoms with Crippen LogP contribution in [0.15, 0.2) is 60.8 Å². The summed E-state index contributed by atoms with van der Waals surface area (Å²) >= 11 is 0.